The molecule has 1 aromatic heterocycles. The standard InChI is InChI=1S/C26H36N6O2S/c1-35(34)32-15-9-22(10-16-32)29-25-17-24(27-19-28-25)26(33)30-12-4-7-23(11-14-30)31-13-8-20-5-2-3-6-21(20)18-31/h2-3,5-6,17,19,22-23H,4,7-16,18H2,1H3,(H,27,28,29). The van der Waals surface area contributed by atoms with E-state index in [0.29, 0.717) is 17.6 Å². The Hall–Kier alpha value is -2.20. The first-order chi connectivity index (χ1) is 17.1. The van der Waals surface area contributed by atoms with Gasteiger partial charge in [-0.15, -0.1) is 4.31 Å². The fourth-order valence-corrected chi connectivity index (χ4v) is 6.38. The van der Waals surface area contributed by atoms with E-state index in [9.17, 15) is 9.35 Å². The molecule has 1 aromatic carbocycles. The lowest BCUT2D eigenvalue weighted by molar-refractivity contribution is 0.0749. The van der Waals surface area contributed by atoms with E-state index in [1.807, 2.05) is 9.21 Å². The quantitative estimate of drug-likeness (QED) is 0.637. The maximum atomic E-state index is 13.3. The Morgan fingerprint density at radius 1 is 1.03 bits per heavy atom. The van der Waals surface area contributed by atoms with E-state index in [1.54, 1.807) is 12.3 Å². The van der Waals surface area contributed by atoms with Crippen molar-refractivity contribution in [2.75, 3.05) is 44.3 Å². The molecular weight excluding hydrogens is 460 g/mol. The highest BCUT2D eigenvalue weighted by atomic mass is 32.2. The number of benzene rings is 1. The number of nitrogens with one attached hydrogen (secondary N) is 1. The van der Waals surface area contributed by atoms with Gasteiger partial charge in [0.15, 0.2) is 0 Å². The van der Waals surface area contributed by atoms with Crippen molar-refractivity contribution < 1.29 is 9.35 Å². The molecule has 4 heterocycles. The molecule has 3 aliphatic rings. The predicted molar refractivity (Wildman–Crippen MR) is 138 cm³/mol. The van der Waals surface area contributed by atoms with E-state index >= 15 is 0 Å². The second-order valence-electron chi connectivity index (χ2n) is 9.93. The summed E-state index contributed by atoms with van der Waals surface area (Å²) < 4.78 is 13.7. The van der Waals surface area contributed by atoms with Crippen molar-refractivity contribution in [1.82, 2.24) is 24.1 Å². The molecule has 0 saturated carbocycles. The third-order valence-corrected chi connectivity index (χ3v) is 8.81. The van der Waals surface area contributed by atoms with Crippen LogP contribution in [0.3, 0.4) is 0 Å². The van der Waals surface area contributed by atoms with E-state index in [-0.39, 0.29) is 11.9 Å². The number of carbonyl (C=O) groups is 1. The number of anilines is 1. The van der Waals surface area contributed by atoms with Gasteiger partial charge in [0, 0.05) is 68.8 Å². The van der Waals surface area contributed by atoms with Crippen LogP contribution in [0.5, 0.6) is 0 Å². The Morgan fingerprint density at radius 3 is 2.63 bits per heavy atom. The Morgan fingerprint density at radius 2 is 1.83 bits per heavy atom. The molecule has 2 aromatic rings. The first-order valence-corrected chi connectivity index (χ1v) is 14.4. The number of aromatic nitrogens is 2. The summed E-state index contributed by atoms with van der Waals surface area (Å²) in [5, 5.41) is 3.45. The summed E-state index contributed by atoms with van der Waals surface area (Å²) in [6.07, 6.45) is 9.28. The molecule has 35 heavy (non-hydrogen) atoms. The van der Waals surface area contributed by atoms with Crippen molar-refractivity contribution in [3.63, 3.8) is 0 Å². The molecule has 3 aliphatic heterocycles. The Balaban J connectivity index is 1.16. The van der Waals surface area contributed by atoms with E-state index in [2.05, 4.69) is 44.5 Å². The maximum absolute atomic E-state index is 13.3. The molecule has 0 bridgehead atoms. The number of rotatable bonds is 5. The summed E-state index contributed by atoms with van der Waals surface area (Å²) in [4.78, 5) is 26.6. The number of amides is 1. The van der Waals surface area contributed by atoms with E-state index in [0.717, 1.165) is 77.8 Å². The van der Waals surface area contributed by atoms with E-state index in [1.165, 1.54) is 17.5 Å². The summed E-state index contributed by atoms with van der Waals surface area (Å²) >= 11 is -0.915. The van der Waals surface area contributed by atoms with Crippen LogP contribution in [0.25, 0.3) is 0 Å². The van der Waals surface area contributed by atoms with Gasteiger partial charge in [-0.2, -0.15) is 0 Å². The van der Waals surface area contributed by atoms with Crippen LogP contribution in [-0.2, 0) is 24.3 Å². The number of piperidine rings is 1. The van der Waals surface area contributed by atoms with Crippen LogP contribution in [0.1, 0.15) is 53.7 Å². The molecule has 2 atom stereocenters. The monoisotopic (exact) mass is 496 g/mol. The first-order valence-electron chi connectivity index (χ1n) is 12.8. The summed E-state index contributed by atoms with van der Waals surface area (Å²) in [5.74, 6) is 0.690. The van der Waals surface area contributed by atoms with Crippen LogP contribution in [0.15, 0.2) is 36.7 Å². The third kappa shape index (κ3) is 5.97. The van der Waals surface area contributed by atoms with Crippen molar-refractivity contribution in [3.8, 4) is 0 Å². The van der Waals surface area contributed by atoms with Gasteiger partial charge >= 0.3 is 0 Å². The second-order valence-corrected chi connectivity index (χ2v) is 11.3. The molecule has 8 nitrogen and oxygen atoms in total. The van der Waals surface area contributed by atoms with Gasteiger partial charge in [-0.1, -0.05) is 24.3 Å². The molecule has 188 valence electrons. The summed E-state index contributed by atoms with van der Waals surface area (Å²) in [5.41, 5.74) is 3.39. The van der Waals surface area contributed by atoms with Crippen molar-refractivity contribution >= 4 is 23.1 Å². The Labute approximate surface area is 211 Å². The number of fused-ring (bicyclic) bond motifs is 1. The van der Waals surface area contributed by atoms with Crippen molar-refractivity contribution in [1.29, 1.82) is 0 Å². The van der Waals surface area contributed by atoms with Crippen LogP contribution < -0.4 is 5.32 Å². The number of carbonyl (C=O) groups excluding carboxylic acids is 1. The Kier molecular flexibility index (Phi) is 7.87. The van der Waals surface area contributed by atoms with E-state index in [4.69, 9.17) is 0 Å². The zero-order chi connectivity index (χ0) is 24.2. The maximum Gasteiger partial charge on any atom is 0.272 e. The molecule has 5 rings (SSSR count). The largest absolute Gasteiger partial charge is 0.598 e. The lowest BCUT2D eigenvalue weighted by atomic mass is 9.97. The zero-order valence-electron chi connectivity index (χ0n) is 20.6. The van der Waals surface area contributed by atoms with Crippen LogP contribution in [0.4, 0.5) is 5.82 Å². The minimum Gasteiger partial charge on any atom is -0.598 e. The van der Waals surface area contributed by atoms with Gasteiger partial charge in [-0.05, 0) is 49.7 Å². The summed E-state index contributed by atoms with van der Waals surface area (Å²) in [7, 11) is 0. The predicted octanol–water partition coefficient (Wildman–Crippen LogP) is 2.70. The molecule has 0 aliphatic carbocycles. The van der Waals surface area contributed by atoms with Crippen molar-refractivity contribution in [2.24, 2.45) is 0 Å². The van der Waals surface area contributed by atoms with Crippen molar-refractivity contribution in [3.05, 3.63) is 53.5 Å². The van der Waals surface area contributed by atoms with Gasteiger partial charge in [0.2, 0.25) is 0 Å². The topological polar surface area (TPSA) is 87.7 Å². The number of hydrogen-bond donors (Lipinski definition) is 1. The highest BCUT2D eigenvalue weighted by Gasteiger charge is 2.29. The van der Waals surface area contributed by atoms with Gasteiger partial charge in [-0.25, -0.2) is 9.97 Å². The zero-order valence-corrected chi connectivity index (χ0v) is 21.4. The highest BCUT2D eigenvalue weighted by Crippen LogP contribution is 2.25. The highest BCUT2D eigenvalue weighted by molar-refractivity contribution is 7.88. The SMILES string of the molecule is C[S+]([O-])N1CCC(Nc2cc(C(=O)N3CCCC(N4CCc5ccccc5C4)CC3)ncn2)CC1. The molecule has 0 radical (unpaired) electrons. The first kappa shape index (κ1) is 24.5. The van der Waals surface area contributed by atoms with Crippen LogP contribution in [0, 0.1) is 0 Å². The normalized spacial score (nSPS) is 23.4. The summed E-state index contributed by atoms with van der Waals surface area (Å²) in [6.45, 7) is 5.26. The molecule has 1 amide bonds. The molecule has 2 fully saturated rings. The smallest absolute Gasteiger partial charge is 0.272 e. The molecule has 2 saturated heterocycles. The van der Waals surface area contributed by atoms with Gasteiger partial charge in [0.25, 0.3) is 5.91 Å². The average Bonchev–Trinajstić information content (AvgIpc) is 3.15. The minimum absolute atomic E-state index is 0.00344. The van der Waals surface area contributed by atoms with Crippen LogP contribution in [0.2, 0.25) is 0 Å². The molecule has 0 spiro atoms. The van der Waals surface area contributed by atoms with Gasteiger partial charge < -0.3 is 14.8 Å². The van der Waals surface area contributed by atoms with Crippen LogP contribution >= 0.6 is 0 Å². The lowest BCUT2D eigenvalue weighted by Crippen LogP contribution is -2.42. The van der Waals surface area contributed by atoms with Gasteiger partial charge in [0.1, 0.15) is 24.1 Å². The van der Waals surface area contributed by atoms with Crippen LogP contribution in [-0.4, -0.2) is 85.6 Å². The molecule has 9 heteroatoms. The Bertz CT molecular complexity index is 1010. The number of nitrogens with zero attached hydrogens (tertiary/aromatic N) is 5. The third-order valence-electron chi connectivity index (χ3n) is 7.72. The van der Waals surface area contributed by atoms with Gasteiger partial charge in [0.05, 0.1) is 0 Å². The molecular formula is C26H36N6O2S. The second kappa shape index (κ2) is 11.2. The molecule has 1 N–H and O–H groups in total. The van der Waals surface area contributed by atoms with E-state index < -0.39 is 11.4 Å². The number of hydrogen-bond acceptors (Lipinski definition) is 7. The fourth-order valence-electron chi connectivity index (χ4n) is 5.66. The molecule has 2 unspecified atom stereocenters. The van der Waals surface area contributed by atoms with Gasteiger partial charge in [-0.3, -0.25) is 9.69 Å². The lowest BCUT2D eigenvalue weighted by Gasteiger charge is -2.35. The fraction of sp³-hybridized carbons (Fsp3) is 0.577. The minimum atomic E-state index is -0.915. The number of likely N-dealkylation sites (tertiary alicyclic amines) is 1. The van der Waals surface area contributed by atoms with Crippen molar-refractivity contribution in [2.45, 2.75) is 57.2 Å². The summed E-state index contributed by atoms with van der Waals surface area (Å²) in [6, 6.07) is 11.3. The average molecular weight is 497 g/mol.